The van der Waals surface area contributed by atoms with Crippen LogP contribution in [-0.2, 0) is 13.1 Å². The van der Waals surface area contributed by atoms with Crippen LogP contribution in [0.15, 0.2) is 24.7 Å². The molecule has 80 valence electrons. The third-order valence-corrected chi connectivity index (χ3v) is 2.10. The number of hydrogen-bond donors (Lipinski definition) is 1. The monoisotopic (exact) mass is 207 g/mol. The summed E-state index contributed by atoms with van der Waals surface area (Å²) < 4.78 is 3.52. The molecule has 1 N–H and O–H groups in total. The zero-order valence-electron chi connectivity index (χ0n) is 8.48. The van der Waals surface area contributed by atoms with Crippen LogP contribution < -0.4 is 0 Å². The predicted octanol–water partition coefficient (Wildman–Crippen LogP) is 0.228. The molecule has 0 bridgehead atoms. The summed E-state index contributed by atoms with van der Waals surface area (Å²) in [6.07, 6.45) is 4.81. The van der Waals surface area contributed by atoms with Gasteiger partial charge in [-0.25, -0.2) is 0 Å². The molecule has 0 saturated heterocycles. The van der Waals surface area contributed by atoms with E-state index in [1.807, 2.05) is 16.9 Å². The molecule has 2 aromatic heterocycles. The first-order valence-electron chi connectivity index (χ1n) is 4.81. The van der Waals surface area contributed by atoms with Crippen molar-refractivity contribution in [2.75, 3.05) is 0 Å². The molecular formula is C9H13N5O. The first-order chi connectivity index (χ1) is 7.25. The van der Waals surface area contributed by atoms with E-state index < -0.39 is 6.10 Å². The largest absolute Gasteiger partial charge is 0.387 e. The number of nitrogens with zero attached hydrogens (tertiary/aromatic N) is 5. The highest BCUT2D eigenvalue weighted by Crippen LogP contribution is 2.06. The summed E-state index contributed by atoms with van der Waals surface area (Å²) in [5, 5.41) is 21.1. The fourth-order valence-corrected chi connectivity index (χ4v) is 1.25. The molecule has 1 unspecified atom stereocenters. The molecule has 0 saturated carbocycles. The zero-order valence-corrected chi connectivity index (χ0v) is 8.48. The number of aliphatic hydroxyl groups excluding tert-OH is 1. The van der Waals surface area contributed by atoms with Gasteiger partial charge in [0, 0.05) is 12.4 Å². The molecule has 2 rings (SSSR count). The van der Waals surface area contributed by atoms with Gasteiger partial charge in [0.25, 0.3) is 0 Å². The van der Waals surface area contributed by atoms with Gasteiger partial charge in [-0.15, -0.1) is 5.10 Å². The molecule has 0 amide bonds. The minimum atomic E-state index is -0.566. The zero-order chi connectivity index (χ0) is 10.7. The Hall–Kier alpha value is -1.69. The minimum Gasteiger partial charge on any atom is -0.387 e. The molecular weight excluding hydrogens is 194 g/mol. The van der Waals surface area contributed by atoms with E-state index in [0.717, 1.165) is 6.54 Å². The Balaban J connectivity index is 1.94. The maximum Gasteiger partial charge on any atom is 0.111 e. The second-order valence-corrected chi connectivity index (χ2v) is 3.35. The number of aryl methyl sites for hydroxylation is 2. The maximum atomic E-state index is 9.26. The van der Waals surface area contributed by atoms with E-state index in [4.69, 9.17) is 0 Å². The van der Waals surface area contributed by atoms with Crippen LogP contribution in [0.3, 0.4) is 0 Å². The van der Waals surface area contributed by atoms with Gasteiger partial charge in [0.15, 0.2) is 0 Å². The van der Waals surface area contributed by atoms with Crippen molar-refractivity contribution in [3.63, 3.8) is 0 Å². The Morgan fingerprint density at radius 3 is 2.80 bits per heavy atom. The number of hydrogen-bond acceptors (Lipinski definition) is 4. The van der Waals surface area contributed by atoms with E-state index in [2.05, 4.69) is 15.4 Å². The molecule has 2 aromatic rings. The molecule has 15 heavy (non-hydrogen) atoms. The number of aromatic nitrogens is 5. The molecule has 0 fully saturated rings. The molecule has 0 radical (unpaired) electrons. The Kier molecular flexibility index (Phi) is 2.77. The summed E-state index contributed by atoms with van der Waals surface area (Å²) in [7, 11) is 0. The SMILES string of the molecule is CC(O)c1cn(CCn2cccn2)nn1. The van der Waals surface area contributed by atoms with Crippen molar-refractivity contribution in [2.45, 2.75) is 26.1 Å². The van der Waals surface area contributed by atoms with Crippen molar-refractivity contribution in [3.05, 3.63) is 30.4 Å². The van der Waals surface area contributed by atoms with Crippen LogP contribution in [0.4, 0.5) is 0 Å². The van der Waals surface area contributed by atoms with E-state index in [-0.39, 0.29) is 0 Å². The van der Waals surface area contributed by atoms with Gasteiger partial charge in [-0.1, -0.05) is 5.21 Å². The van der Waals surface area contributed by atoms with Crippen LogP contribution >= 0.6 is 0 Å². The summed E-state index contributed by atoms with van der Waals surface area (Å²) >= 11 is 0. The third kappa shape index (κ3) is 2.41. The molecule has 0 aliphatic rings. The van der Waals surface area contributed by atoms with Crippen molar-refractivity contribution in [2.24, 2.45) is 0 Å². The lowest BCUT2D eigenvalue weighted by atomic mass is 10.3. The molecule has 6 heteroatoms. The lowest BCUT2D eigenvalue weighted by Gasteiger charge is -2.00. The predicted molar refractivity (Wildman–Crippen MR) is 52.9 cm³/mol. The Labute approximate surface area is 87.1 Å². The molecule has 0 spiro atoms. The van der Waals surface area contributed by atoms with Crippen LogP contribution in [0.5, 0.6) is 0 Å². The van der Waals surface area contributed by atoms with Gasteiger partial charge in [-0.3, -0.25) is 9.36 Å². The van der Waals surface area contributed by atoms with Crippen LogP contribution in [0.1, 0.15) is 18.7 Å². The van der Waals surface area contributed by atoms with Gasteiger partial charge in [0.1, 0.15) is 5.69 Å². The van der Waals surface area contributed by atoms with Gasteiger partial charge in [-0.2, -0.15) is 5.10 Å². The Morgan fingerprint density at radius 1 is 1.40 bits per heavy atom. The van der Waals surface area contributed by atoms with E-state index in [0.29, 0.717) is 12.2 Å². The average Bonchev–Trinajstić information content (AvgIpc) is 2.86. The molecule has 0 aromatic carbocycles. The van der Waals surface area contributed by atoms with E-state index in [9.17, 15) is 5.11 Å². The topological polar surface area (TPSA) is 68.8 Å². The lowest BCUT2D eigenvalue weighted by molar-refractivity contribution is 0.194. The van der Waals surface area contributed by atoms with Crippen LogP contribution in [0, 0.1) is 0 Å². The fourth-order valence-electron chi connectivity index (χ4n) is 1.25. The van der Waals surface area contributed by atoms with Gasteiger partial charge in [0.05, 0.1) is 25.4 Å². The number of aliphatic hydroxyl groups is 1. The van der Waals surface area contributed by atoms with E-state index >= 15 is 0 Å². The van der Waals surface area contributed by atoms with Gasteiger partial charge in [0.2, 0.25) is 0 Å². The third-order valence-electron chi connectivity index (χ3n) is 2.10. The maximum absolute atomic E-state index is 9.26. The summed E-state index contributed by atoms with van der Waals surface area (Å²) in [5.74, 6) is 0. The van der Waals surface area contributed by atoms with Crippen molar-refractivity contribution < 1.29 is 5.11 Å². The van der Waals surface area contributed by atoms with Crippen molar-refractivity contribution in [3.8, 4) is 0 Å². The van der Waals surface area contributed by atoms with Crippen molar-refractivity contribution in [1.29, 1.82) is 0 Å². The standard InChI is InChI=1S/C9H13N5O/c1-8(15)9-7-14(12-11-9)6-5-13-4-2-3-10-13/h2-4,7-8,15H,5-6H2,1H3. The quantitative estimate of drug-likeness (QED) is 0.779. The number of rotatable bonds is 4. The van der Waals surface area contributed by atoms with Crippen LogP contribution in [0.25, 0.3) is 0 Å². The molecule has 1 atom stereocenters. The highest BCUT2D eigenvalue weighted by molar-refractivity contribution is 4.95. The first-order valence-corrected chi connectivity index (χ1v) is 4.81. The summed E-state index contributed by atoms with van der Waals surface area (Å²) in [6.45, 7) is 3.11. The molecule has 2 heterocycles. The highest BCUT2D eigenvalue weighted by Gasteiger charge is 2.05. The fraction of sp³-hybridized carbons (Fsp3) is 0.444. The molecule has 0 aliphatic carbocycles. The normalized spacial score (nSPS) is 12.9. The summed E-state index contributed by atoms with van der Waals surface area (Å²) in [6, 6.07) is 1.88. The minimum absolute atomic E-state index is 0.566. The van der Waals surface area contributed by atoms with Gasteiger partial charge in [-0.05, 0) is 13.0 Å². The van der Waals surface area contributed by atoms with E-state index in [1.54, 1.807) is 24.0 Å². The second kappa shape index (κ2) is 4.22. The van der Waals surface area contributed by atoms with Crippen molar-refractivity contribution >= 4 is 0 Å². The second-order valence-electron chi connectivity index (χ2n) is 3.35. The Morgan fingerprint density at radius 2 is 2.20 bits per heavy atom. The first kappa shape index (κ1) is 9.85. The van der Waals surface area contributed by atoms with Crippen molar-refractivity contribution in [1.82, 2.24) is 24.8 Å². The Bertz CT molecular complexity index is 406. The summed E-state index contributed by atoms with van der Waals surface area (Å²) in [4.78, 5) is 0. The van der Waals surface area contributed by atoms with Crippen LogP contribution in [0.2, 0.25) is 0 Å². The van der Waals surface area contributed by atoms with Crippen LogP contribution in [-0.4, -0.2) is 29.9 Å². The highest BCUT2D eigenvalue weighted by atomic mass is 16.3. The average molecular weight is 207 g/mol. The van der Waals surface area contributed by atoms with Gasteiger partial charge >= 0.3 is 0 Å². The summed E-state index contributed by atoms with van der Waals surface area (Å²) in [5.41, 5.74) is 0.593. The van der Waals surface area contributed by atoms with Gasteiger partial charge < -0.3 is 5.11 Å². The molecule has 0 aliphatic heterocycles. The van der Waals surface area contributed by atoms with E-state index in [1.165, 1.54) is 0 Å². The lowest BCUT2D eigenvalue weighted by Crippen LogP contribution is -2.08. The smallest absolute Gasteiger partial charge is 0.111 e. The molecule has 6 nitrogen and oxygen atoms in total.